The fourth-order valence-corrected chi connectivity index (χ4v) is 9.73. The number of hydrogen-bond acceptors (Lipinski definition) is 10. The van der Waals surface area contributed by atoms with Crippen molar-refractivity contribution in [1.82, 2.24) is 41.0 Å². The van der Waals surface area contributed by atoms with E-state index in [1.165, 1.54) is 21.9 Å². The molecule has 0 bridgehead atoms. The van der Waals surface area contributed by atoms with Crippen LogP contribution in [0.1, 0.15) is 75.5 Å². The minimum Gasteiger partial charge on any atom is -0.508 e. The largest absolute Gasteiger partial charge is 0.508 e. The number of amides is 6. The van der Waals surface area contributed by atoms with E-state index in [9.17, 15) is 53.7 Å². The van der Waals surface area contributed by atoms with Gasteiger partial charge in [-0.25, -0.2) is 4.79 Å². The van der Waals surface area contributed by atoms with Gasteiger partial charge in [0.2, 0.25) is 35.4 Å². The molecule has 20 nitrogen and oxygen atoms in total. The molecule has 7 atom stereocenters. The van der Waals surface area contributed by atoms with Crippen molar-refractivity contribution in [1.29, 1.82) is 0 Å². The standard InChI is InChI=1S/C52H63N9O11/c1-29(2)23-40(47(66)56-39(19-20-45(63)64)50(69)60-21-7-13-43(60)51(70)61-22-8-14-44(61)52(71)72)58-49(68)42(26-32-28-55-38-12-6-4-10-35(32)38)59-48(67)41(25-31-27-54-37-11-5-3-9-34(31)37)57-46(65)36(53)24-30-15-17-33(62)18-16-30/h3-6,9-12,15-18,27-29,36,39-44,54-55,62H,7-8,13-14,19-26,53H2,1-2H3,(H,56,66)(H,57,65)(H,58,68)(H,59,67)(H,63,64)(H,71,72)/t36-,39-,40-,41-,42-,43-,44-/m0/s1. The minimum absolute atomic E-state index is 0.0132. The van der Waals surface area contributed by atoms with Crippen molar-refractivity contribution in [3.63, 3.8) is 0 Å². The number of nitrogens with two attached hydrogens (primary N) is 1. The van der Waals surface area contributed by atoms with Gasteiger partial charge in [-0.3, -0.25) is 33.6 Å². The van der Waals surface area contributed by atoms with Gasteiger partial charge in [0, 0.05) is 66.6 Å². The Hall–Kier alpha value is -7.74. The van der Waals surface area contributed by atoms with Crippen LogP contribution in [0.25, 0.3) is 21.8 Å². The van der Waals surface area contributed by atoms with E-state index in [2.05, 4.69) is 31.2 Å². The first kappa shape index (κ1) is 52.1. The van der Waals surface area contributed by atoms with Crippen LogP contribution in [0.3, 0.4) is 0 Å². The number of nitrogens with zero attached hydrogens (tertiary/aromatic N) is 2. The zero-order valence-electron chi connectivity index (χ0n) is 40.3. The van der Waals surface area contributed by atoms with E-state index in [1.54, 1.807) is 24.5 Å². The zero-order valence-corrected chi connectivity index (χ0v) is 40.3. The summed E-state index contributed by atoms with van der Waals surface area (Å²) in [7, 11) is 0. The average molecular weight is 990 g/mol. The molecule has 4 heterocycles. The predicted octanol–water partition coefficient (Wildman–Crippen LogP) is 2.63. The number of carboxylic acid groups (broad SMARTS) is 2. The van der Waals surface area contributed by atoms with E-state index in [-0.39, 0.29) is 69.7 Å². The van der Waals surface area contributed by atoms with Crippen molar-refractivity contribution < 1.29 is 53.7 Å². The minimum atomic E-state index is -1.43. The second-order valence-electron chi connectivity index (χ2n) is 19.1. The van der Waals surface area contributed by atoms with E-state index >= 15 is 0 Å². The van der Waals surface area contributed by atoms with E-state index in [0.717, 1.165) is 21.8 Å². The molecule has 3 aromatic carbocycles. The van der Waals surface area contributed by atoms with E-state index < -0.39 is 96.1 Å². The summed E-state index contributed by atoms with van der Waals surface area (Å²) in [5.74, 6) is -6.74. The number of aromatic hydroxyl groups is 1. The average Bonchev–Trinajstić information content (AvgIpc) is 4.20. The molecule has 7 rings (SSSR count). The Morgan fingerprint density at radius 1 is 0.639 bits per heavy atom. The highest BCUT2D eigenvalue weighted by atomic mass is 16.4. The molecule has 0 radical (unpaired) electrons. The maximum Gasteiger partial charge on any atom is 0.326 e. The van der Waals surface area contributed by atoms with Crippen LogP contribution in [0.4, 0.5) is 0 Å². The molecule has 382 valence electrons. The topological polar surface area (TPSA) is 309 Å². The summed E-state index contributed by atoms with van der Waals surface area (Å²) in [5.41, 5.74) is 9.97. The first-order chi connectivity index (χ1) is 34.5. The van der Waals surface area contributed by atoms with E-state index in [0.29, 0.717) is 29.5 Å². The summed E-state index contributed by atoms with van der Waals surface area (Å²) >= 11 is 0. The van der Waals surface area contributed by atoms with Crippen LogP contribution in [-0.2, 0) is 57.6 Å². The van der Waals surface area contributed by atoms with Crippen molar-refractivity contribution in [3.8, 4) is 5.75 Å². The number of fused-ring (bicyclic) bond motifs is 2. The second-order valence-corrected chi connectivity index (χ2v) is 19.1. The number of carbonyl (C=O) groups excluding carboxylic acids is 6. The number of aromatic amines is 2. The third kappa shape index (κ3) is 12.8. The summed E-state index contributed by atoms with van der Waals surface area (Å²) < 4.78 is 0. The van der Waals surface area contributed by atoms with Crippen molar-refractivity contribution >= 4 is 69.2 Å². The summed E-state index contributed by atoms with van der Waals surface area (Å²) in [5, 5.41) is 41.9. The summed E-state index contributed by atoms with van der Waals surface area (Å²) in [4.78, 5) is 119. The zero-order chi connectivity index (χ0) is 51.6. The SMILES string of the molecule is CC(C)C[C@H](NC(=O)[C@H](Cc1c[nH]c2ccccc12)NC(=O)[C@H](Cc1c[nH]c2ccccc12)NC(=O)[C@@H](N)Cc1ccc(O)cc1)C(=O)N[C@@H](CCC(=O)O)C(=O)N1CCC[C@H]1C(=O)N1CCC[C@H]1C(=O)O. The normalized spacial score (nSPS) is 17.8. The van der Waals surface area contributed by atoms with Crippen molar-refractivity contribution in [3.05, 3.63) is 102 Å². The lowest BCUT2D eigenvalue weighted by Gasteiger charge is -2.33. The van der Waals surface area contributed by atoms with Crippen LogP contribution in [0.2, 0.25) is 0 Å². The number of phenolic OH excluding ortho intramolecular Hbond substituents is 1. The maximum absolute atomic E-state index is 14.8. The van der Waals surface area contributed by atoms with Gasteiger partial charge in [-0.15, -0.1) is 0 Å². The number of H-pyrrole nitrogens is 2. The molecule has 2 aliphatic rings. The molecule has 20 heteroatoms. The Balaban J connectivity index is 1.14. The van der Waals surface area contributed by atoms with Gasteiger partial charge in [0.15, 0.2) is 0 Å². The van der Waals surface area contributed by atoms with Gasteiger partial charge in [-0.2, -0.15) is 0 Å². The number of carbonyl (C=O) groups is 8. The van der Waals surface area contributed by atoms with E-state index in [1.807, 2.05) is 62.4 Å². The number of phenols is 1. The Bertz CT molecular complexity index is 2790. The number of hydrogen-bond donors (Lipinski definition) is 10. The monoisotopic (exact) mass is 989 g/mol. The smallest absolute Gasteiger partial charge is 0.326 e. The lowest BCUT2D eigenvalue weighted by atomic mass is 9.99. The molecular formula is C52H63N9O11. The number of aromatic nitrogens is 2. The number of likely N-dealkylation sites (tertiary alicyclic amines) is 2. The molecule has 0 unspecified atom stereocenters. The van der Waals surface area contributed by atoms with Gasteiger partial charge in [0.25, 0.3) is 0 Å². The lowest BCUT2D eigenvalue weighted by molar-refractivity contribution is -0.152. The summed E-state index contributed by atoms with van der Waals surface area (Å²) in [6, 6.07) is 12.5. The van der Waals surface area contributed by atoms with Crippen LogP contribution in [0, 0.1) is 5.92 Å². The molecule has 0 aliphatic carbocycles. The Labute approximate surface area is 415 Å². The second kappa shape index (κ2) is 23.4. The first-order valence-electron chi connectivity index (χ1n) is 24.4. The van der Waals surface area contributed by atoms with Crippen LogP contribution in [0.5, 0.6) is 5.75 Å². The molecule has 72 heavy (non-hydrogen) atoms. The van der Waals surface area contributed by atoms with Gasteiger partial charge in [-0.1, -0.05) is 62.4 Å². The highest BCUT2D eigenvalue weighted by Crippen LogP contribution is 2.27. The Morgan fingerprint density at radius 2 is 1.14 bits per heavy atom. The van der Waals surface area contributed by atoms with Crippen molar-refractivity contribution in [2.45, 2.75) is 120 Å². The van der Waals surface area contributed by atoms with Crippen LogP contribution in [-0.4, -0.2) is 138 Å². The van der Waals surface area contributed by atoms with E-state index in [4.69, 9.17) is 5.73 Å². The van der Waals surface area contributed by atoms with Crippen LogP contribution >= 0.6 is 0 Å². The molecule has 0 spiro atoms. The van der Waals surface area contributed by atoms with Crippen LogP contribution < -0.4 is 27.0 Å². The van der Waals surface area contributed by atoms with Crippen molar-refractivity contribution in [2.75, 3.05) is 13.1 Å². The van der Waals surface area contributed by atoms with Crippen LogP contribution in [0.15, 0.2) is 85.2 Å². The molecule has 6 amide bonds. The van der Waals surface area contributed by atoms with Gasteiger partial charge in [-0.05, 0) is 91.8 Å². The number of para-hydroxylation sites is 2. The molecule has 2 aromatic heterocycles. The molecule has 2 aliphatic heterocycles. The third-order valence-electron chi connectivity index (χ3n) is 13.4. The predicted molar refractivity (Wildman–Crippen MR) is 265 cm³/mol. The highest BCUT2D eigenvalue weighted by Gasteiger charge is 2.44. The maximum atomic E-state index is 14.8. The molecule has 2 saturated heterocycles. The Kier molecular flexibility index (Phi) is 17.0. The molecular weight excluding hydrogens is 927 g/mol. The fraction of sp³-hybridized carbons (Fsp3) is 0.423. The number of aliphatic carboxylic acids is 2. The fourth-order valence-electron chi connectivity index (χ4n) is 9.73. The highest BCUT2D eigenvalue weighted by molar-refractivity contribution is 5.98. The summed E-state index contributed by atoms with van der Waals surface area (Å²) in [6.07, 6.45) is 4.06. The molecule has 0 saturated carbocycles. The molecule has 2 fully saturated rings. The quantitative estimate of drug-likeness (QED) is 0.0479. The van der Waals surface area contributed by atoms with Crippen molar-refractivity contribution in [2.24, 2.45) is 11.7 Å². The lowest BCUT2D eigenvalue weighted by Crippen LogP contribution is -2.60. The number of carboxylic acids is 2. The molecule has 11 N–H and O–H groups in total. The van der Waals surface area contributed by atoms with Gasteiger partial charge >= 0.3 is 11.9 Å². The number of benzene rings is 3. The molecule has 5 aromatic rings. The first-order valence-corrected chi connectivity index (χ1v) is 24.4. The van der Waals surface area contributed by atoms with Gasteiger partial charge in [0.05, 0.1) is 6.04 Å². The number of nitrogens with one attached hydrogen (secondary N) is 6. The summed E-state index contributed by atoms with van der Waals surface area (Å²) in [6.45, 7) is 3.96. The number of rotatable bonds is 22. The Morgan fingerprint density at radius 3 is 1.69 bits per heavy atom. The van der Waals surface area contributed by atoms with Gasteiger partial charge < -0.3 is 62.1 Å². The third-order valence-corrected chi connectivity index (χ3v) is 13.4. The van der Waals surface area contributed by atoms with Gasteiger partial charge in [0.1, 0.15) is 42.0 Å².